The third kappa shape index (κ3) is 1.84. The molecular weight excluding hydrogens is 283 g/mol. The highest BCUT2D eigenvalue weighted by Gasteiger charge is 1.94. The SMILES string of the molecule is N#CC(C#N)=c1cc/c(=C/I)s1. The Labute approximate surface area is 87.2 Å². The van der Waals surface area contributed by atoms with Gasteiger partial charge in [0.2, 0.25) is 0 Å². The van der Waals surface area contributed by atoms with Gasteiger partial charge in [-0.3, -0.25) is 0 Å². The van der Waals surface area contributed by atoms with Crippen LogP contribution in [0.25, 0.3) is 9.66 Å². The second-order valence-corrected chi connectivity index (χ2v) is 3.65. The summed E-state index contributed by atoms with van der Waals surface area (Å²) in [5, 5.41) is 17.1. The lowest BCUT2D eigenvalue weighted by Gasteiger charge is -1.73. The molecule has 1 aromatic heterocycles. The maximum absolute atomic E-state index is 8.55. The normalized spacial score (nSPS) is 10.4. The van der Waals surface area contributed by atoms with Crippen LogP contribution in [-0.2, 0) is 0 Å². The quantitative estimate of drug-likeness (QED) is 0.671. The van der Waals surface area contributed by atoms with Crippen molar-refractivity contribution < 1.29 is 0 Å². The van der Waals surface area contributed by atoms with Crippen molar-refractivity contribution in [3.8, 4) is 12.1 Å². The molecule has 0 N–H and O–H groups in total. The average Bonchev–Trinajstić information content (AvgIpc) is 2.55. The molecule has 0 amide bonds. The number of hydrogen-bond donors (Lipinski definition) is 0. The predicted octanol–water partition coefficient (Wildman–Crippen LogP) is 1.12. The Morgan fingerprint density at radius 3 is 2.50 bits per heavy atom. The van der Waals surface area contributed by atoms with Crippen LogP contribution >= 0.6 is 33.9 Å². The van der Waals surface area contributed by atoms with Crippen molar-refractivity contribution in [2.24, 2.45) is 0 Å². The Morgan fingerprint density at radius 1 is 1.42 bits per heavy atom. The first-order valence-corrected chi connectivity index (χ1v) is 5.09. The lowest BCUT2D eigenvalue weighted by molar-refractivity contribution is 1.51. The van der Waals surface area contributed by atoms with Gasteiger partial charge in [-0.05, 0) is 16.2 Å². The lowest BCUT2D eigenvalue weighted by Crippen LogP contribution is -1.96. The van der Waals surface area contributed by atoms with Gasteiger partial charge in [0, 0.05) is 4.53 Å². The van der Waals surface area contributed by atoms with Gasteiger partial charge in [0.25, 0.3) is 0 Å². The molecule has 0 radical (unpaired) electrons. The van der Waals surface area contributed by atoms with Gasteiger partial charge in [0.1, 0.15) is 17.7 Å². The van der Waals surface area contributed by atoms with Gasteiger partial charge >= 0.3 is 0 Å². The summed E-state index contributed by atoms with van der Waals surface area (Å²) >= 11 is 3.57. The fourth-order valence-electron chi connectivity index (χ4n) is 0.681. The molecule has 0 aliphatic rings. The first kappa shape index (κ1) is 9.24. The summed E-state index contributed by atoms with van der Waals surface area (Å²) in [4.78, 5) is 0. The van der Waals surface area contributed by atoms with E-state index in [1.54, 1.807) is 6.07 Å². The van der Waals surface area contributed by atoms with Gasteiger partial charge < -0.3 is 0 Å². The minimum absolute atomic E-state index is 0.185. The van der Waals surface area contributed by atoms with Gasteiger partial charge in [-0.1, -0.05) is 22.6 Å². The molecule has 58 valence electrons. The highest BCUT2D eigenvalue weighted by atomic mass is 127. The molecule has 1 aromatic rings. The maximum Gasteiger partial charge on any atom is 0.146 e. The van der Waals surface area contributed by atoms with Gasteiger partial charge in [0.05, 0.1) is 4.53 Å². The van der Waals surface area contributed by atoms with Crippen molar-refractivity contribution in [1.82, 2.24) is 0 Å². The minimum atomic E-state index is 0.185. The summed E-state index contributed by atoms with van der Waals surface area (Å²) in [6.45, 7) is 0. The van der Waals surface area contributed by atoms with E-state index >= 15 is 0 Å². The number of hydrogen-bond acceptors (Lipinski definition) is 3. The van der Waals surface area contributed by atoms with Gasteiger partial charge in [-0.2, -0.15) is 10.5 Å². The fraction of sp³-hybridized carbons (Fsp3) is 0. The molecular formula is C8H3IN2S. The van der Waals surface area contributed by atoms with E-state index in [-0.39, 0.29) is 5.57 Å². The van der Waals surface area contributed by atoms with Crippen molar-refractivity contribution in [3.05, 3.63) is 21.2 Å². The van der Waals surface area contributed by atoms with Crippen molar-refractivity contribution in [2.75, 3.05) is 0 Å². The van der Waals surface area contributed by atoms with Crippen molar-refractivity contribution in [1.29, 1.82) is 10.5 Å². The molecule has 0 aromatic carbocycles. The van der Waals surface area contributed by atoms with Crippen LogP contribution in [0.1, 0.15) is 0 Å². The van der Waals surface area contributed by atoms with Crippen molar-refractivity contribution in [3.63, 3.8) is 0 Å². The molecule has 0 saturated heterocycles. The monoisotopic (exact) mass is 286 g/mol. The second-order valence-electron chi connectivity index (χ2n) is 1.91. The molecule has 0 bridgehead atoms. The van der Waals surface area contributed by atoms with Crippen LogP contribution in [0.15, 0.2) is 12.1 Å². The van der Waals surface area contributed by atoms with Crippen LogP contribution in [0, 0.1) is 22.7 Å². The summed E-state index contributed by atoms with van der Waals surface area (Å²) in [5.74, 6) is 0. The van der Waals surface area contributed by atoms with Crippen molar-refractivity contribution in [2.45, 2.75) is 0 Å². The molecule has 0 spiro atoms. The molecule has 0 atom stereocenters. The third-order valence-electron chi connectivity index (χ3n) is 1.20. The molecule has 1 heterocycles. The van der Waals surface area contributed by atoms with Crippen LogP contribution in [-0.4, -0.2) is 0 Å². The Morgan fingerprint density at radius 2 is 2.08 bits per heavy atom. The van der Waals surface area contributed by atoms with E-state index in [0.29, 0.717) is 0 Å². The van der Waals surface area contributed by atoms with E-state index in [4.69, 9.17) is 10.5 Å². The van der Waals surface area contributed by atoms with E-state index in [1.165, 1.54) is 11.3 Å². The van der Waals surface area contributed by atoms with E-state index in [9.17, 15) is 0 Å². The molecule has 0 fully saturated rings. The summed E-state index contributed by atoms with van der Waals surface area (Å²) < 4.78 is 3.72. The van der Waals surface area contributed by atoms with E-state index in [0.717, 1.165) is 9.06 Å². The molecule has 1 rings (SSSR count). The minimum Gasteiger partial charge on any atom is -0.192 e. The Bertz CT molecular complexity index is 456. The smallest absolute Gasteiger partial charge is 0.146 e. The van der Waals surface area contributed by atoms with E-state index in [2.05, 4.69) is 22.6 Å². The lowest BCUT2D eigenvalue weighted by atomic mass is 10.3. The number of thiophene rings is 1. The zero-order chi connectivity index (χ0) is 8.97. The maximum atomic E-state index is 8.55. The highest BCUT2D eigenvalue weighted by molar-refractivity contribution is 14.1. The van der Waals surface area contributed by atoms with Crippen LogP contribution in [0.5, 0.6) is 0 Å². The van der Waals surface area contributed by atoms with Gasteiger partial charge in [0.15, 0.2) is 0 Å². The van der Waals surface area contributed by atoms with E-state index < -0.39 is 0 Å². The largest absolute Gasteiger partial charge is 0.192 e. The van der Waals surface area contributed by atoms with Gasteiger partial charge in [-0.15, -0.1) is 11.3 Å². The first-order valence-electron chi connectivity index (χ1n) is 3.02. The Balaban J connectivity index is 3.51. The van der Waals surface area contributed by atoms with Gasteiger partial charge in [-0.25, -0.2) is 0 Å². The van der Waals surface area contributed by atoms with Crippen LogP contribution in [0.4, 0.5) is 0 Å². The molecule has 0 aliphatic carbocycles. The topological polar surface area (TPSA) is 47.6 Å². The molecule has 2 nitrogen and oxygen atoms in total. The molecule has 0 aliphatic heterocycles. The average molecular weight is 286 g/mol. The molecule has 12 heavy (non-hydrogen) atoms. The number of nitrogens with zero attached hydrogens (tertiary/aromatic N) is 2. The predicted molar refractivity (Wildman–Crippen MR) is 56.7 cm³/mol. The Kier molecular flexibility index (Phi) is 3.27. The molecule has 0 unspecified atom stereocenters. The van der Waals surface area contributed by atoms with Crippen LogP contribution in [0.2, 0.25) is 0 Å². The van der Waals surface area contributed by atoms with Crippen molar-refractivity contribution >= 4 is 43.6 Å². The summed E-state index contributed by atoms with van der Waals surface area (Å²) in [6, 6.07) is 7.39. The second kappa shape index (κ2) is 4.24. The first-order chi connectivity index (χ1) is 5.81. The Hall–Kier alpha value is -0.850. The van der Waals surface area contributed by atoms with E-state index in [1.807, 2.05) is 22.3 Å². The summed E-state index contributed by atoms with van der Waals surface area (Å²) in [7, 11) is 0. The fourth-order valence-corrected chi connectivity index (χ4v) is 2.03. The highest BCUT2D eigenvalue weighted by Crippen LogP contribution is 1.90. The standard InChI is InChI=1S/C8H3IN2S/c9-3-7-1-2-8(12-7)6(4-10)5-11/h1-3H/b7-3-. The number of halogens is 1. The van der Waals surface area contributed by atoms with Crippen LogP contribution < -0.4 is 9.06 Å². The zero-order valence-electron chi connectivity index (χ0n) is 5.91. The summed E-state index contributed by atoms with van der Waals surface area (Å²) in [6.07, 6.45) is 0. The third-order valence-corrected chi connectivity index (χ3v) is 3.35. The zero-order valence-corrected chi connectivity index (χ0v) is 8.89. The molecule has 0 saturated carbocycles. The molecule has 4 heteroatoms. The summed E-state index contributed by atoms with van der Waals surface area (Å²) in [5.41, 5.74) is 0.185. The van der Waals surface area contributed by atoms with Crippen LogP contribution in [0.3, 0.4) is 0 Å². The number of rotatable bonds is 0. The number of nitriles is 2.